The van der Waals surface area contributed by atoms with Gasteiger partial charge in [-0.3, -0.25) is 9.67 Å². The third-order valence-electron chi connectivity index (χ3n) is 3.34. The van der Waals surface area contributed by atoms with Gasteiger partial charge < -0.3 is 5.32 Å². The average Bonchev–Trinajstić information content (AvgIpc) is 2.77. The topological polar surface area (TPSA) is 42.7 Å². The molecule has 0 aliphatic rings. The van der Waals surface area contributed by atoms with E-state index < -0.39 is 0 Å². The number of pyridine rings is 1. The first kappa shape index (κ1) is 12.7. The Labute approximate surface area is 118 Å². The molecule has 2 heterocycles. The summed E-state index contributed by atoms with van der Waals surface area (Å²) in [6.45, 7) is 2.16. The van der Waals surface area contributed by atoms with Gasteiger partial charge in [-0.2, -0.15) is 5.10 Å². The summed E-state index contributed by atoms with van der Waals surface area (Å²) in [4.78, 5) is 4.37. The van der Waals surface area contributed by atoms with E-state index in [-0.39, 0.29) is 0 Å². The smallest absolute Gasteiger partial charge is 0.160 e. The summed E-state index contributed by atoms with van der Waals surface area (Å²) in [5, 5.41) is 9.07. The molecule has 0 saturated heterocycles. The van der Waals surface area contributed by atoms with Crippen molar-refractivity contribution >= 4 is 22.4 Å². The van der Waals surface area contributed by atoms with E-state index in [1.807, 2.05) is 36.1 Å². The Morgan fingerprint density at radius 2 is 2.05 bits per heavy atom. The van der Waals surface area contributed by atoms with Crippen LogP contribution in [0.2, 0.25) is 0 Å². The van der Waals surface area contributed by atoms with Gasteiger partial charge in [-0.05, 0) is 30.7 Å². The molecule has 0 radical (unpaired) electrons. The van der Waals surface area contributed by atoms with E-state index in [0.717, 1.165) is 40.9 Å². The minimum Gasteiger partial charge on any atom is -0.338 e. The number of aryl methyl sites for hydroxylation is 2. The zero-order chi connectivity index (χ0) is 13.9. The molecule has 3 aromatic rings. The first-order valence-electron chi connectivity index (χ1n) is 6.91. The molecule has 1 aromatic carbocycles. The van der Waals surface area contributed by atoms with Crippen LogP contribution in [0.4, 0.5) is 11.5 Å². The third-order valence-corrected chi connectivity index (χ3v) is 3.34. The van der Waals surface area contributed by atoms with Crippen molar-refractivity contribution in [3.8, 4) is 0 Å². The molecule has 0 bridgehead atoms. The molecule has 0 spiro atoms. The van der Waals surface area contributed by atoms with Crippen LogP contribution in [-0.2, 0) is 13.5 Å². The minimum atomic E-state index is 0.886. The summed E-state index contributed by atoms with van der Waals surface area (Å²) in [7, 11) is 1.96. The lowest BCUT2D eigenvalue weighted by atomic mass is 10.2. The zero-order valence-electron chi connectivity index (χ0n) is 11.8. The van der Waals surface area contributed by atoms with Crippen LogP contribution in [0.3, 0.4) is 0 Å². The maximum Gasteiger partial charge on any atom is 0.160 e. The highest BCUT2D eigenvalue weighted by Crippen LogP contribution is 2.25. The van der Waals surface area contributed by atoms with Crippen molar-refractivity contribution in [1.82, 2.24) is 14.8 Å². The van der Waals surface area contributed by atoms with Crippen LogP contribution < -0.4 is 5.32 Å². The molecule has 0 atom stereocenters. The highest BCUT2D eigenvalue weighted by Gasteiger charge is 2.08. The van der Waals surface area contributed by atoms with Crippen molar-refractivity contribution in [2.24, 2.45) is 7.05 Å². The lowest BCUT2D eigenvalue weighted by Crippen LogP contribution is -1.96. The molecule has 0 aliphatic heterocycles. The van der Waals surface area contributed by atoms with Crippen LogP contribution in [0.25, 0.3) is 10.9 Å². The molecule has 102 valence electrons. The summed E-state index contributed by atoms with van der Waals surface area (Å²) in [5.74, 6) is 0.886. The third kappa shape index (κ3) is 2.37. The number of aromatic nitrogens is 3. The molecule has 20 heavy (non-hydrogen) atoms. The van der Waals surface area contributed by atoms with E-state index in [0.29, 0.717) is 0 Å². The van der Waals surface area contributed by atoms with Gasteiger partial charge in [0.2, 0.25) is 0 Å². The second-order valence-corrected chi connectivity index (χ2v) is 4.90. The quantitative estimate of drug-likeness (QED) is 0.783. The van der Waals surface area contributed by atoms with Crippen molar-refractivity contribution in [3.63, 3.8) is 0 Å². The maximum atomic E-state index is 4.55. The molecule has 0 aliphatic carbocycles. The molecule has 0 unspecified atom stereocenters. The normalized spacial score (nSPS) is 10.9. The minimum absolute atomic E-state index is 0.886. The van der Waals surface area contributed by atoms with Gasteiger partial charge in [-0.25, -0.2) is 0 Å². The Balaban J connectivity index is 1.95. The molecule has 0 amide bonds. The Bertz CT molecular complexity index is 730. The van der Waals surface area contributed by atoms with Crippen molar-refractivity contribution in [3.05, 3.63) is 48.3 Å². The van der Waals surface area contributed by atoms with Gasteiger partial charge in [0.25, 0.3) is 0 Å². The Morgan fingerprint density at radius 1 is 1.20 bits per heavy atom. The van der Waals surface area contributed by atoms with Crippen molar-refractivity contribution in [2.45, 2.75) is 19.8 Å². The average molecular weight is 266 g/mol. The summed E-state index contributed by atoms with van der Waals surface area (Å²) in [6, 6.07) is 12.3. The van der Waals surface area contributed by atoms with Crippen LogP contribution in [-0.4, -0.2) is 14.8 Å². The first-order valence-corrected chi connectivity index (χ1v) is 6.91. The Morgan fingerprint density at radius 3 is 2.90 bits per heavy atom. The number of nitrogens with one attached hydrogen (secondary N) is 1. The highest BCUT2D eigenvalue weighted by molar-refractivity contribution is 5.91. The van der Waals surface area contributed by atoms with E-state index in [9.17, 15) is 0 Å². The second kappa shape index (κ2) is 5.33. The maximum absolute atomic E-state index is 4.55. The molecule has 4 nitrogen and oxygen atoms in total. The summed E-state index contributed by atoms with van der Waals surface area (Å²) < 4.78 is 1.89. The van der Waals surface area contributed by atoms with E-state index in [2.05, 4.69) is 40.5 Å². The number of para-hydroxylation sites is 1. The molecule has 4 heteroatoms. The Hall–Kier alpha value is -2.36. The van der Waals surface area contributed by atoms with Gasteiger partial charge in [0.15, 0.2) is 5.82 Å². The van der Waals surface area contributed by atoms with Crippen LogP contribution in [0.5, 0.6) is 0 Å². The highest BCUT2D eigenvalue weighted by atomic mass is 15.3. The van der Waals surface area contributed by atoms with E-state index >= 15 is 0 Å². The van der Waals surface area contributed by atoms with Gasteiger partial charge >= 0.3 is 0 Å². The molecular formula is C16H18N4. The van der Waals surface area contributed by atoms with Crippen LogP contribution in [0.15, 0.2) is 42.6 Å². The van der Waals surface area contributed by atoms with E-state index in [1.54, 1.807) is 0 Å². The fraction of sp³-hybridized carbons (Fsp3) is 0.250. The van der Waals surface area contributed by atoms with Crippen molar-refractivity contribution < 1.29 is 0 Å². The van der Waals surface area contributed by atoms with Crippen molar-refractivity contribution in [2.75, 3.05) is 5.32 Å². The fourth-order valence-electron chi connectivity index (χ4n) is 2.39. The fourth-order valence-corrected chi connectivity index (χ4v) is 2.39. The standard InChI is InChI=1S/C16H18N4/c1-3-6-12-11-13(9-10-17-12)18-16-14-7-4-5-8-15(14)20(2)19-16/h4-5,7-11H,3,6H2,1-2H3,(H,17,18,19). The van der Waals surface area contributed by atoms with Crippen molar-refractivity contribution in [1.29, 1.82) is 0 Å². The summed E-state index contributed by atoms with van der Waals surface area (Å²) in [6.07, 6.45) is 3.94. The zero-order valence-corrected chi connectivity index (χ0v) is 11.8. The second-order valence-electron chi connectivity index (χ2n) is 4.90. The molecule has 1 N–H and O–H groups in total. The Kier molecular flexibility index (Phi) is 3.37. The summed E-state index contributed by atoms with van der Waals surface area (Å²) in [5.41, 5.74) is 3.27. The summed E-state index contributed by atoms with van der Waals surface area (Å²) >= 11 is 0. The van der Waals surface area contributed by atoms with Crippen LogP contribution in [0.1, 0.15) is 19.0 Å². The van der Waals surface area contributed by atoms with E-state index in [4.69, 9.17) is 0 Å². The number of fused-ring (bicyclic) bond motifs is 1. The van der Waals surface area contributed by atoms with Crippen LogP contribution >= 0.6 is 0 Å². The van der Waals surface area contributed by atoms with Gasteiger partial charge in [-0.1, -0.05) is 25.5 Å². The monoisotopic (exact) mass is 266 g/mol. The SMILES string of the molecule is CCCc1cc(Nc2nn(C)c3ccccc23)ccn1. The largest absolute Gasteiger partial charge is 0.338 e. The molecule has 2 aromatic heterocycles. The number of benzene rings is 1. The lowest BCUT2D eigenvalue weighted by molar-refractivity contribution is 0.801. The number of hydrogen-bond donors (Lipinski definition) is 1. The molecule has 0 fully saturated rings. The lowest BCUT2D eigenvalue weighted by Gasteiger charge is -2.05. The molecular weight excluding hydrogens is 248 g/mol. The van der Waals surface area contributed by atoms with Crippen LogP contribution in [0, 0.1) is 0 Å². The molecule has 3 rings (SSSR count). The predicted octanol–water partition coefficient (Wildman–Crippen LogP) is 3.66. The first-order chi connectivity index (χ1) is 9.78. The number of rotatable bonds is 4. The number of hydrogen-bond acceptors (Lipinski definition) is 3. The van der Waals surface area contributed by atoms with Gasteiger partial charge in [-0.15, -0.1) is 0 Å². The molecule has 0 saturated carbocycles. The number of anilines is 2. The van der Waals surface area contributed by atoms with E-state index in [1.165, 1.54) is 0 Å². The number of nitrogens with zero attached hydrogens (tertiary/aromatic N) is 3. The predicted molar refractivity (Wildman–Crippen MR) is 82.2 cm³/mol. The van der Waals surface area contributed by atoms with Gasteiger partial charge in [0, 0.05) is 30.0 Å². The van der Waals surface area contributed by atoms with Gasteiger partial charge in [0.1, 0.15) is 0 Å². The van der Waals surface area contributed by atoms with Gasteiger partial charge in [0.05, 0.1) is 5.52 Å².